The zero-order valence-corrected chi connectivity index (χ0v) is 27.2. The fourth-order valence-corrected chi connectivity index (χ4v) is 2.26. The van der Waals surface area contributed by atoms with E-state index in [-0.39, 0.29) is 0 Å². The van der Waals surface area contributed by atoms with Gasteiger partial charge in [-0.25, -0.2) is 0 Å². The average Bonchev–Trinajstić information content (AvgIpc) is 3.37. The Hall–Kier alpha value is -0.628. The standard InChI is InChI=1S/C16H15N.C3H8.3C2H6.CH3O.CH4S.Tl/c1-3-7-13(8-4-1)15-11-16(17-12-15)14-9-5-2-6-10-14;1-3-2;5*1-2;/h1-11,16-17H,12H2;3H2,1-2H3;3*1-2H3;1H3;2H,1H3;/q;;;;;-1;;+1/t16-;;;;;;;/m0......./s1. The quantitative estimate of drug-likeness (QED) is 0.256. The van der Waals surface area contributed by atoms with Crippen molar-refractivity contribution in [1.82, 2.24) is 5.32 Å². The van der Waals surface area contributed by atoms with Gasteiger partial charge in [-0.3, -0.25) is 0 Å². The van der Waals surface area contributed by atoms with E-state index in [0.717, 1.165) is 32.8 Å². The Balaban J connectivity index is -0.000000221. The zero-order valence-electron chi connectivity index (χ0n) is 21.8. The van der Waals surface area contributed by atoms with Gasteiger partial charge in [0.25, 0.3) is 0 Å². The van der Waals surface area contributed by atoms with E-state index in [9.17, 15) is 0 Å². The number of thiol groups is 1. The number of rotatable bonds is 2. The number of nitrogens with one attached hydrogen (secondary N) is 1. The van der Waals surface area contributed by atoms with Gasteiger partial charge in [-0.2, -0.15) is 12.6 Å². The van der Waals surface area contributed by atoms with Crippen molar-refractivity contribution in [3.8, 4) is 0 Å². The predicted octanol–water partition coefficient (Wildman–Crippen LogP) is 8.17. The monoisotopic (exact) mass is 639 g/mol. The van der Waals surface area contributed by atoms with Crippen molar-refractivity contribution in [2.75, 3.05) is 19.9 Å². The van der Waals surface area contributed by atoms with Crippen LogP contribution in [-0.4, -0.2) is 46.1 Å². The molecule has 0 aromatic heterocycles. The summed E-state index contributed by atoms with van der Waals surface area (Å²) in [6.45, 7) is 17.2. The molecule has 176 valence electrons. The van der Waals surface area contributed by atoms with Gasteiger partial charge < -0.3 is 5.32 Å². The van der Waals surface area contributed by atoms with E-state index in [4.69, 9.17) is 0 Å². The minimum absolute atomic E-state index is 0.353. The second-order valence-corrected chi connectivity index (χ2v) is 7.10. The molecule has 0 aliphatic carbocycles. The Morgan fingerprint density at radius 3 is 1.58 bits per heavy atom. The summed E-state index contributed by atoms with van der Waals surface area (Å²) in [6.07, 6.45) is 5.27. The summed E-state index contributed by atoms with van der Waals surface area (Å²) < 4.78 is 4.42. The van der Waals surface area contributed by atoms with Crippen LogP contribution in [0.4, 0.5) is 0 Å². The number of hydrogen-bond donors (Lipinski definition) is 2. The van der Waals surface area contributed by atoms with Gasteiger partial charge in [0.1, 0.15) is 0 Å². The van der Waals surface area contributed by atoms with Gasteiger partial charge in [0, 0.05) is 6.54 Å². The second kappa shape index (κ2) is 34.0. The van der Waals surface area contributed by atoms with Crippen LogP contribution in [0.1, 0.15) is 79.0 Å². The summed E-state index contributed by atoms with van der Waals surface area (Å²) in [6, 6.07) is 21.5. The molecule has 1 N–H and O–H groups in total. The van der Waals surface area contributed by atoms with E-state index in [0.29, 0.717) is 6.04 Å². The van der Waals surface area contributed by atoms with Gasteiger partial charge >= 0.3 is 36.0 Å². The molecule has 0 fully saturated rings. The van der Waals surface area contributed by atoms with Gasteiger partial charge in [-0.15, -0.1) is 0 Å². The van der Waals surface area contributed by atoms with E-state index >= 15 is 0 Å². The summed E-state index contributed by atoms with van der Waals surface area (Å²) in [4.78, 5) is 0. The van der Waals surface area contributed by atoms with Crippen molar-refractivity contribution in [1.29, 1.82) is 0 Å². The van der Waals surface area contributed by atoms with Crippen molar-refractivity contribution in [3.63, 3.8) is 0 Å². The SMILES string of the molecule is C1=C(c2ccccc2)CN[C@@H]1c1ccccc1.CC.CC.CC.CCC.CS.C[O][Tl]. The number of benzene rings is 2. The van der Waals surface area contributed by atoms with Crippen LogP contribution in [0.25, 0.3) is 5.57 Å². The van der Waals surface area contributed by atoms with Crippen LogP contribution in [-0.2, 0) is 2.69 Å². The summed E-state index contributed by atoms with van der Waals surface area (Å²) in [5.41, 5.74) is 4.04. The van der Waals surface area contributed by atoms with Gasteiger partial charge in [0.2, 0.25) is 0 Å². The van der Waals surface area contributed by atoms with Crippen LogP contribution < -0.4 is 5.32 Å². The first-order chi connectivity index (χ1) is 15.3. The molecule has 0 radical (unpaired) electrons. The molecule has 0 amide bonds. The Labute approximate surface area is 217 Å². The first-order valence-electron chi connectivity index (χ1n) is 11.5. The topological polar surface area (TPSA) is 21.3 Å². The Kier molecular flexibility index (Phi) is 41.3. The molecular weight excluding hydrogens is 591 g/mol. The van der Waals surface area contributed by atoms with Crippen LogP contribution in [0, 0.1) is 0 Å². The Morgan fingerprint density at radius 2 is 1.19 bits per heavy atom. The molecule has 4 heteroatoms. The van der Waals surface area contributed by atoms with Crippen molar-refractivity contribution < 1.29 is 2.69 Å². The molecule has 0 saturated carbocycles. The van der Waals surface area contributed by atoms with Crippen molar-refractivity contribution >= 4 is 44.4 Å². The fraction of sp³-hybridized carbons (Fsp3) is 0.481. The van der Waals surface area contributed by atoms with Crippen LogP contribution in [0.15, 0.2) is 66.7 Å². The second-order valence-electron chi connectivity index (χ2n) is 5.27. The molecule has 3 rings (SSSR count). The molecule has 2 aromatic rings. The molecule has 1 aliphatic rings. The molecule has 0 unspecified atom stereocenters. The molecule has 0 saturated heterocycles. The van der Waals surface area contributed by atoms with Crippen LogP contribution in [0.2, 0.25) is 0 Å². The maximum absolute atomic E-state index is 4.42. The van der Waals surface area contributed by atoms with Crippen LogP contribution >= 0.6 is 12.6 Å². The first-order valence-corrected chi connectivity index (χ1v) is 14.2. The molecular formula is C27H48NOSTl. The maximum atomic E-state index is 4.42. The fourth-order valence-electron chi connectivity index (χ4n) is 2.26. The van der Waals surface area contributed by atoms with Gasteiger partial charge in [-0.05, 0) is 23.0 Å². The van der Waals surface area contributed by atoms with E-state index < -0.39 is 0 Å². The van der Waals surface area contributed by atoms with Crippen LogP contribution in [0.5, 0.6) is 0 Å². The summed E-state index contributed by atoms with van der Waals surface area (Å²) in [5.74, 6) is 0. The minimum atomic E-state index is 0.353. The number of hydrogen-bond acceptors (Lipinski definition) is 3. The molecule has 2 nitrogen and oxygen atoms in total. The summed E-state index contributed by atoms with van der Waals surface area (Å²) in [7, 11) is 1.70. The van der Waals surface area contributed by atoms with Crippen molar-refractivity contribution in [2.45, 2.75) is 67.9 Å². The molecule has 1 atom stereocenters. The Morgan fingerprint density at radius 1 is 0.839 bits per heavy atom. The zero-order chi connectivity index (χ0) is 24.9. The van der Waals surface area contributed by atoms with Crippen LogP contribution in [0.3, 0.4) is 0 Å². The third-order valence-corrected chi connectivity index (χ3v) is 3.18. The molecule has 31 heavy (non-hydrogen) atoms. The molecule has 2 aromatic carbocycles. The van der Waals surface area contributed by atoms with E-state index in [2.05, 4.69) is 101 Å². The Bertz CT molecular complexity index is 560. The third kappa shape index (κ3) is 21.0. The van der Waals surface area contributed by atoms with Gasteiger partial charge in [0.05, 0.1) is 6.04 Å². The van der Waals surface area contributed by atoms with E-state index in [1.165, 1.54) is 23.1 Å². The molecule has 1 aliphatic heterocycles. The third-order valence-electron chi connectivity index (χ3n) is 3.18. The summed E-state index contributed by atoms with van der Waals surface area (Å²) >= 11 is 4.25. The van der Waals surface area contributed by atoms with E-state index in [1.54, 1.807) is 13.4 Å². The molecule has 0 spiro atoms. The normalized spacial score (nSPS) is 12.3. The first kappa shape index (κ1) is 37.7. The predicted molar refractivity (Wildman–Crippen MR) is 149 cm³/mol. The van der Waals surface area contributed by atoms with Gasteiger partial charge in [0.15, 0.2) is 0 Å². The molecule has 0 bridgehead atoms. The summed E-state index contributed by atoms with van der Waals surface area (Å²) in [5, 5.41) is 3.53. The van der Waals surface area contributed by atoms with Crippen molar-refractivity contribution in [3.05, 3.63) is 77.9 Å². The van der Waals surface area contributed by atoms with Gasteiger partial charge in [-0.1, -0.05) is 129 Å². The van der Waals surface area contributed by atoms with Crippen molar-refractivity contribution in [2.24, 2.45) is 0 Å². The average molecular weight is 639 g/mol. The van der Waals surface area contributed by atoms with E-state index in [1.807, 2.05) is 41.5 Å². The molecule has 1 heterocycles.